The summed E-state index contributed by atoms with van der Waals surface area (Å²) in [5.74, 6) is 0. The summed E-state index contributed by atoms with van der Waals surface area (Å²) in [6, 6.07) is 24.4. The van der Waals surface area contributed by atoms with Crippen molar-refractivity contribution >= 4 is 40.1 Å². The third-order valence-electron chi connectivity index (χ3n) is 5.10. The zero-order valence-electron chi connectivity index (χ0n) is 16.3. The topological polar surface area (TPSA) is 3.24 Å². The molecule has 0 saturated heterocycles. The Balaban J connectivity index is 0.00000121. The number of hydrogen-bond acceptors (Lipinski definition) is 1. The molecule has 3 aromatic rings. The number of fused-ring (bicyclic) bond motifs is 2. The molecule has 0 bridgehead atoms. The van der Waals surface area contributed by atoms with Crippen LogP contribution in [0.2, 0.25) is 0 Å². The number of rotatable bonds is 1. The van der Waals surface area contributed by atoms with E-state index in [1.165, 1.54) is 39.3 Å². The second kappa shape index (κ2) is 9.12. The largest absolute Gasteiger partial charge is 2.00 e. The van der Waals surface area contributed by atoms with Gasteiger partial charge in [-0.3, -0.25) is 0 Å². The fraction of sp³-hybridized carbons (Fsp3) is 0.217. The number of anilines is 3. The SMILES string of the molecule is Cc1cc(C)cc(N2c3ccccc3C(C)(C)c3ccccc32)c1.[Br-].[Br-].[Mg+2]. The summed E-state index contributed by atoms with van der Waals surface area (Å²) in [7, 11) is 0. The average Bonchev–Trinajstić information content (AvgIpc) is 2.54. The Morgan fingerprint density at radius 1 is 0.667 bits per heavy atom. The zero-order chi connectivity index (χ0) is 16.9. The van der Waals surface area contributed by atoms with E-state index in [4.69, 9.17) is 0 Å². The summed E-state index contributed by atoms with van der Waals surface area (Å²) in [5.41, 5.74) is 9.16. The summed E-state index contributed by atoms with van der Waals surface area (Å²) in [5, 5.41) is 0. The molecule has 27 heavy (non-hydrogen) atoms. The predicted octanol–water partition coefficient (Wildman–Crippen LogP) is 0.0397. The van der Waals surface area contributed by atoms with Crippen molar-refractivity contribution in [2.45, 2.75) is 33.1 Å². The Hall–Kier alpha value is -0.814. The molecule has 0 atom stereocenters. The van der Waals surface area contributed by atoms with E-state index in [-0.39, 0.29) is 62.4 Å². The van der Waals surface area contributed by atoms with Crippen molar-refractivity contribution in [1.82, 2.24) is 0 Å². The smallest absolute Gasteiger partial charge is 1.00 e. The number of hydrogen-bond donors (Lipinski definition) is 0. The molecule has 1 nitrogen and oxygen atoms in total. The molecule has 1 heterocycles. The quantitative estimate of drug-likeness (QED) is 0.430. The molecular formula is C23H23Br2MgN. The van der Waals surface area contributed by atoms with Crippen LogP contribution in [-0.4, -0.2) is 23.1 Å². The van der Waals surface area contributed by atoms with Crippen LogP contribution in [0.4, 0.5) is 17.1 Å². The van der Waals surface area contributed by atoms with Gasteiger partial charge in [0.1, 0.15) is 0 Å². The molecule has 0 N–H and O–H groups in total. The van der Waals surface area contributed by atoms with E-state index in [1.54, 1.807) is 0 Å². The third kappa shape index (κ3) is 4.14. The molecule has 0 unspecified atom stereocenters. The first-order valence-electron chi connectivity index (χ1n) is 8.56. The van der Waals surface area contributed by atoms with Gasteiger partial charge in [0, 0.05) is 11.1 Å². The molecule has 0 aromatic heterocycles. The molecule has 0 spiro atoms. The van der Waals surface area contributed by atoms with E-state index >= 15 is 0 Å². The Labute approximate surface area is 199 Å². The van der Waals surface area contributed by atoms with Gasteiger partial charge in [-0.15, -0.1) is 0 Å². The maximum atomic E-state index is 2.41. The van der Waals surface area contributed by atoms with Crippen LogP contribution in [-0.2, 0) is 5.41 Å². The Morgan fingerprint density at radius 3 is 1.52 bits per heavy atom. The number of para-hydroxylation sites is 2. The molecule has 3 aromatic carbocycles. The maximum absolute atomic E-state index is 2.41. The van der Waals surface area contributed by atoms with Crippen molar-refractivity contribution < 1.29 is 34.0 Å². The monoisotopic (exact) mass is 495 g/mol. The van der Waals surface area contributed by atoms with E-state index < -0.39 is 0 Å². The summed E-state index contributed by atoms with van der Waals surface area (Å²) >= 11 is 0. The number of aryl methyl sites for hydroxylation is 2. The fourth-order valence-corrected chi connectivity index (χ4v) is 4.03. The second-order valence-corrected chi connectivity index (χ2v) is 7.34. The van der Waals surface area contributed by atoms with E-state index in [0.29, 0.717) is 0 Å². The Kier molecular flexibility index (Phi) is 8.19. The van der Waals surface area contributed by atoms with Gasteiger partial charge in [0.2, 0.25) is 0 Å². The molecule has 0 radical (unpaired) electrons. The molecule has 1 aliphatic rings. The van der Waals surface area contributed by atoms with Gasteiger partial charge in [0.15, 0.2) is 0 Å². The standard InChI is InChI=1S/C23H23N.2BrH.Mg/c1-16-13-17(2)15-18(14-16)24-21-11-7-5-9-19(21)23(3,4)20-10-6-8-12-22(20)24;;;/h5-15H,1-4H3;2*1H;/q;;;+2/p-2. The van der Waals surface area contributed by atoms with Crippen molar-refractivity contribution in [3.05, 3.63) is 89.0 Å². The van der Waals surface area contributed by atoms with E-state index in [1.807, 2.05) is 0 Å². The van der Waals surface area contributed by atoms with Crippen molar-refractivity contribution in [3.63, 3.8) is 0 Å². The normalized spacial score (nSPS) is 13.3. The average molecular weight is 498 g/mol. The minimum Gasteiger partial charge on any atom is -1.00 e. The van der Waals surface area contributed by atoms with Crippen molar-refractivity contribution in [1.29, 1.82) is 0 Å². The zero-order valence-corrected chi connectivity index (χ0v) is 20.8. The molecule has 0 saturated carbocycles. The minimum atomic E-state index is 0. The van der Waals surface area contributed by atoms with Crippen molar-refractivity contribution in [2.24, 2.45) is 0 Å². The molecule has 136 valence electrons. The van der Waals surface area contributed by atoms with Crippen LogP contribution in [0.1, 0.15) is 36.1 Å². The molecule has 4 heteroatoms. The van der Waals surface area contributed by atoms with Gasteiger partial charge in [0.05, 0.1) is 11.4 Å². The van der Waals surface area contributed by atoms with Crippen molar-refractivity contribution in [3.8, 4) is 0 Å². The van der Waals surface area contributed by atoms with Gasteiger partial charge in [-0.2, -0.15) is 0 Å². The number of nitrogens with zero attached hydrogens (tertiary/aromatic N) is 1. The molecular weight excluding hydrogens is 474 g/mol. The fourth-order valence-electron chi connectivity index (χ4n) is 4.03. The van der Waals surface area contributed by atoms with Crippen LogP contribution >= 0.6 is 0 Å². The van der Waals surface area contributed by atoms with E-state index in [2.05, 4.69) is 99.3 Å². The van der Waals surface area contributed by atoms with Crippen LogP contribution in [0.3, 0.4) is 0 Å². The minimum absolute atomic E-state index is 0. The van der Waals surface area contributed by atoms with Crippen molar-refractivity contribution in [2.75, 3.05) is 4.90 Å². The van der Waals surface area contributed by atoms with Gasteiger partial charge < -0.3 is 38.9 Å². The Bertz CT molecular complexity index is 867. The summed E-state index contributed by atoms with van der Waals surface area (Å²) < 4.78 is 0. The molecule has 0 aliphatic carbocycles. The van der Waals surface area contributed by atoms with Gasteiger partial charge in [-0.1, -0.05) is 56.3 Å². The number of benzene rings is 3. The third-order valence-corrected chi connectivity index (χ3v) is 5.10. The van der Waals surface area contributed by atoms with Gasteiger partial charge in [-0.05, 0) is 60.4 Å². The Morgan fingerprint density at radius 2 is 1.07 bits per heavy atom. The van der Waals surface area contributed by atoms with Crippen LogP contribution in [0.5, 0.6) is 0 Å². The van der Waals surface area contributed by atoms with Gasteiger partial charge in [-0.25, -0.2) is 0 Å². The van der Waals surface area contributed by atoms with Crippen LogP contribution in [0.25, 0.3) is 0 Å². The van der Waals surface area contributed by atoms with E-state index in [9.17, 15) is 0 Å². The maximum Gasteiger partial charge on any atom is 2.00 e. The summed E-state index contributed by atoms with van der Waals surface area (Å²) in [6.45, 7) is 8.98. The number of halogens is 2. The van der Waals surface area contributed by atoms with Gasteiger partial charge >= 0.3 is 23.1 Å². The molecule has 0 amide bonds. The van der Waals surface area contributed by atoms with Gasteiger partial charge in [0.25, 0.3) is 0 Å². The predicted molar refractivity (Wildman–Crippen MR) is 108 cm³/mol. The molecule has 0 fully saturated rings. The van der Waals surface area contributed by atoms with E-state index in [0.717, 1.165) is 0 Å². The summed E-state index contributed by atoms with van der Waals surface area (Å²) in [4.78, 5) is 2.41. The summed E-state index contributed by atoms with van der Waals surface area (Å²) in [6.07, 6.45) is 0. The second-order valence-electron chi connectivity index (χ2n) is 7.34. The molecule has 1 aliphatic heterocycles. The first-order chi connectivity index (χ1) is 11.5. The first-order valence-corrected chi connectivity index (χ1v) is 8.56. The van der Waals surface area contributed by atoms with Crippen LogP contribution < -0.4 is 38.9 Å². The molecule has 4 rings (SSSR count). The van der Waals surface area contributed by atoms with Crippen LogP contribution in [0.15, 0.2) is 66.7 Å². The van der Waals surface area contributed by atoms with Crippen LogP contribution in [0, 0.1) is 13.8 Å². The first kappa shape index (κ1) is 24.2.